The Kier molecular flexibility index (Phi) is 6.66. The summed E-state index contributed by atoms with van der Waals surface area (Å²) in [5.74, 6) is 1.58. The van der Waals surface area contributed by atoms with Gasteiger partial charge in [0.2, 0.25) is 11.0 Å². The maximum Gasteiger partial charge on any atom is 0.216 e. The normalized spacial score (nSPS) is 10.7. The van der Waals surface area contributed by atoms with Gasteiger partial charge in [0, 0.05) is 19.0 Å². The first kappa shape index (κ1) is 19.9. The van der Waals surface area contributed by atoms with Crippen LogP contribution in [-0.4, -0.2) is 23.5 Å². The second-order valence-corrected chi connectivity index (χ2v) is 7.65. The second-order valence-electron chi connectivity index (χ2n) is 6.66. The van der Waals surface area contributed by atoms with Crippen LogP contribution in [0.25, 0.3) is 10.6 Å². The van der Waals surface area contributed by atoms with Crippen LogP contribution in [0, 0.1) is 0 Å². The van der Waals surface area contributed by atoms with Crippen LogP contribution in [0.15, 0.2) is 54.7 Å². The van der Waals surface area contributed by atoms with Gasteiger partial charge < -0.3 is 14.8 Å². The van der Waals surface area contributed by atoms with Gasteiger partial charge in [-0.25, -0.2) is 4.98 Å². The Balaban J connectivity index is 1.62. The lowest BCUT2D eigenvalue weighted by Crippen LogP contribution is -2.22. The van der Waals surface area contributed by atoms with Crippen LogP contribution in [0.3, 0.4) is 0 Å². The zero-order chi connectivity index (χ0) is 19.9. The predicted molar refractivity (Wildman–Crippen MR) is 112 cm³/mol. The van der Waals surface area contributed by atoms with E-state index in [0.29, 0.717) is 6.54 Å². The lowest BCUT2D eigenvalue weighted by molar-refractivity contribution is -0.118. The molecule has 3 aromatic rings. The van der Waals surface area contributed by atoms with Crippen molar-refractivity contribution in [2.24, 2.45) is 0 Å². The molecule has 1 aromatic heterocycles. The molecule has 0 fully saturated rings. The van der Waals surface area contributed by atoms with Crippen LogP contribution < -0.4 is 14.8 Å². The quantitative estimate of drug-likeness (QED) is 0.578. The fraction of sp³-hybridized carbons (Fsp3) is 0.273. The predicted octanol–water partition coefficient (Wildman–Crippen LogP) is 5.07. The third-order valence-corrected chi connectivity index (χ3v) is 4.79. The number of nitrogens with zero attached hydrogens (tertiary/aromatic N) is 1. The lowest BCUT2D eigenvalue weighted by Gasteiger charge is -2.10. The molecule has 0 radical (unpaired) electrons. The number of aromatic nitrogens is 1. The molecule has 0 aliphatic heterocycles. The molecule has 3 rings (SSSR count). The lowest BCUT2D eigenvalue weighted by atomic mass is 10.1. The molecular weight excluding hydrogens is 372 g/mol. The van der Waals surface area contributed by atoms with E-state index in [-0.39, 0.29) is 12.0 Å². The van der Waals surface area contributed by atoms with Crippen LogP contribution in [-0.2, 0) is 11.2 Å². The number of rotatable bonds is 8. The smallest absolute Gasteiger partial charge is 0.216 e. The minimum atomic E-state index is -0.0118. The van der Waals surface area contributed by atoms with Crippen molar-refractivity contribution in [1.82, 2.24) is 10.3 Å². The molecule has 6 heteroatoms. The summed E-state index contributed by atoms with van der Waals surface area (Å²) in [5.41, 5.74) is 2.15. The van der Waals surface area contributed by atoms with E-state index in [2.05, 4.69) is 10.3 Å². The van der Waals surface area contributed by atoms with E-state index in [9.17, 15) is 4.79 Å². The molecule has 0 spiro atoms. The molecule has 1 amide bonds. The largest absolute Gasteiger partial charge is 0.491 e. The van der Waals surface area contributed by atoms with Crippen molar-refractivity contribution in [3.05, 3.63) is 60.3 Å². The van der Waals surface area contributed by atoms with Gasteiger partial charge in [-0.15, -0.1) is 0 Å². The standard InChI is InChI=1S/C22H24N2O3S/c1-15(2)26-20-6-4-5-18(13-20)22-24-14-21(28-22)27-19-9-7-17(8-10-19)11-12-23-16(3)25/h4-10,13-15H,11-12H2,1-3H3,(H,23,25). The molecule has 1 heterocycles. The number of hydrogen-bond acceptors (Lipinski definition) is 5. The van der Waals surface area contributed by atoms with Crippen molar-refractivity contribution in [3.63, 3.8) is 0 Å². The zero-order valence-electron chi connectivity index (χ0n) is 16.3. The number of ether oxygens (including phenoxy) is 2. The Morgan fingerprint density at radius 1 is 1.14 bits per heavy atom. The van der Waals surface area contributed by atoms with Gasteiger partial charge in [-0.3, -0.25) is 4.79 Å². The molecule has 0 atom stereocenters. The van der Waals surface area contributed by atoms with Crippen LogP contribution in [0.2, 0.25) is 0 Å². The third-order valence-electron chi connectivity index (χ3n) is 3.87. The molecule has 146 valence electrons. The summed E-state index contributed by atoms with van der Waals surface area (Å²) in [4.78, 5) is 15.4. The van der Waals surface area contributed by atoms with Crippen molar-refractivity contribution in [2.45, 2.75) is 33.3 Å². The summed E-state index contributed by atoms with van der Waals surface area (Å²) in [7, 11) is 0. The van der Waals surface area contributed by atoms with Gasteiger partial charge in [0.1, 0.15) is 16.5 Å². The molecule has 0 aliphatic carbocycles. The van der Waals surface area contributed by atoms with Gasteiger partial charge in [-0.05, 0) is 50.1 Å². The monoisotopic (exact) mass is 396 g/mol. The molecule has 28 heavy (non-hydrogen) atoms. The van der Waals surface area contributed by atoms with E-state index in [1.807, 2.05) is 62.4 Å². The van der Waals surface area contributed by atoms with Crippen molar-refractivity contribution < 1.29 is 14.3 Å². The highest BCUT2D eigenvalue weighted by Crippen LogP contribution is 2.34. The summed E-state index contributed by atoms with van der Waals surface area (Å²) < 4.78 is 11.7. The van der Waals surface area contributed by atoms with Gasteiger partial charge in [-0.2, -0.15) is 0 Å². The second kappa shape index (κ2) is 9.37. The average molecular weight is 397 g/mol. The highest BCUT2D eigenvalue weighted by Gasteiger charge is 2.08. The van der Waals surface area contributed by atoms with Crippen LogP contribution in [0.5, 0.6) is 16.6 Å². The maximum absolute atomic E-state index is 10.9. The number of amides is 1. The molecule has 0 saturated heterocycles. The topological polar surface area (TPSA) is 60.5 Å². The fourth-order valence-electron chi connectivity index (χ4n) is 2.64. The molecule has 0 saturated carbocycles. The van der Waals surface area contributed by atoms with Crippen molar-refractivity contribution >= 4 is 17.2 Å². The first-order valence-electron chi connectivity index (χ1n) is 9.24. The first-order chi connectivity index (χ1) is 13.5. The Hall–Kier alpha value is -2.86. The molecule has 0 aliphatic rings. The van der Waals surface area contributed by atoms with Crippen molar-refractivity contribution in [2.75, 3.05) is 6.54 Å². The summed E-state index contributed by atoms with van der Waals surface area (Å²) in [5, 5.41) is 4.41. The Bertz CT molecular complexity index is 920. The van der Waals surface area contributed by atoms with Gasteiger partial charge >= 0.3 is 0 Å². The number of thiazole rings is 1. The van der Waals surface area contributed by atoms with E-state index in [1.54, 1.807) is 6.20 Å². The summed E-state index contributed by atoms with van der Waals surface area (Å²) >= 11 is 1.49. The summed E-state index contributed by atoms with van der Waals surface area (Å²) in [6, 6.07) is 15.8. The number of carbonyl (C=O) groups excluding carboxylic acids is 1. The van der Waals surface area contributed by atoms with Gasteiger partial charge in [-0.1, -0.05) is 35.6 Å². The average Bonchev–Trinajstić information content (AvgIpc) is 3.11. The van der Waals surface area contributed by atoms with Crippen molar-refractivity contribution in [3.8, 4) is 27.1 Å². The minimum absolute atomic E-state index is 0.0118. The molecule has 5 nitrogen and oxygen atoms in total. The summed E-state index contributed by atoms with van der Waals surface area (Å²) in [6.07, 6.45) is 2.66. The van der Waals surface area contributed by atoms with Crippen molar-refractivity contribution in [1.29, 1.82) is 0 Å². The number of hydrogen-bond donors (Lipinski definition) is 1. The Morgan fingerprint density at radius 3 is 2.64 bits per heavy atom. The molecule has 0 bridgehead atoms. The van der Waals surface area contributed by atoms with Crippen LogP contribution >= 0.6 is 11.3 Å². The highest BCUT2D eigenvalue weighted by atomic mass is 32.1. The van der Waals surface area contributed by atoms with E-state index in [1.165, 1.54) is 18.3 Å². The number of carbonyl (C=O) groups is 1. The van der Waals surface area contributed by atoms with Crippen LogP contribution in [0.1, 0.15) is 26.3 Å². The summed E-state index contributed by atoms with van der Waals surface area (Å²) in [6.45, 7) is 6.17. The SMILES string of the molecule is CC(=O)NCCc1ccc(Oc2cnc(-c3cccc(OC(C)C)c3)s2)cc1. The highest BCUT2D eigenvalue weighted by molar-refractivity contribution is 7.16. The van der Waals surface area contributed by atoms with Gasteiger partial charge in [0.15, 0.2) is 0 Å². The zero-order valence-corrected chi connectivity index (χ0v) is 17.1. The minimum Gasteiger partial charge on any atom is -0.491 e. The third kappa shape index (κ3) is 5.82. The van der Waals surface area contributed by atoms with Crippen LogP contribution in [0.4, 0.5) is 0 Å². The van der Waals surface area contributed by atoms with Gasteiger partial charge in [0.25, 0.3) is 0 Å². The molecular formula is C22H24N2O3S. The van der Waals surface area contributed by atoms with Gasteiger partial charge in [0.05, 0.1) is 12.3 Å². The Morgan fingerprint density at radius 2 is 1.93 bits per heavy atom. The molecule has 0 unspecified atom stereocenters. The van der Waals surface area contributed by atoms with E-state index in [4.69, 9.17) is 9.47 Å². The van der Waals surface area contributed by atoms with E-state index < -0.39 is 0 Å². The number of benzene rings is 2. The molecule has 2 aromatic carbocycles. The molecule has 1 N–H and O–H groups in total. The fourth-order valence-corrected chi connectivity index (χ4v) is 3.42. The maximum atomic E-state index is 10.9. The Labute approximate surface area is 169 Å². The number of nitrogens with one attached hydrogen (secondary N) is 1. The van der Waals surface area contributed by atoms with E-state index in [0.717, 1.165) is 39.1 Å². The van der Waals surface area contributed by atoms with E-state index >= 15 is 0 Å². The first-order valence-corrected chi connectivity index (χ1v) is 10.1.